The first-order chi connectivity index (χ1) is 12.4. The third-order valence-electron chi connectivity index (χ3n) is 4.12. The Morgan fingerprint density at radius 2 is 1.69 bits per heavy atom. The van der Waals surface area contributed by atoms with E-state index in [-0.39, 0.29) is 16.9 Å². The zero-order valence-corrected chi connectivity index (χ0v) is 13.7. The Labute approximate surface area is 147 Å². The van der Waals surface area contributed by atoms with Gasteiger partial charge in [0.25, 0.3) is 17.3 Å². The fourth-order valence-electron chi connectivity index (χ4n) is 2.83. The van der Waals surface area contributed by atoms with Gasteiger partial charge in [0.1, 0.15) is 11.7 Å². The number of hydrogen-bond donors (Lipinski definition) is 1. The SMILES string of the molecule is CN1c2cccc([N+](=O)[O-])c2C=CC1NC(=O)c1ccccc1[N+](=O)[O-]. The van der Waals surface area contributed by atoms with Crippen molar-refractivity contribution in [2.24, 2.45) is 0 Å². The summed E-state index contributed by atoms with van der Waals surface area (Å²) in [6.45, 7) is 0. The third-order valence-corrected chi connectivity index (χ3v) is 4.12. The summed E-state index contributed by atoms with van der Waals surface area (Å²) in [5.74, 6) is -0.604. The molecule has 0 aliphatic carbocycles. The highest BCUT2D eigenvalue weighted by molar-refractivity contribution is 5.98. The predicted octanol–water partition coefficient (Wildman–Crippen LogP) is 2.72. The van der Waals surface area contributed by atoms with E-state index < -0.39 is 21.9 Å². The van der Waals surface area contributed by atoms with Gasteiger partial charge in [-0.2, -0.15) is 0 Å². The second-order valence-electron chi connectivity index (χ2n) is 5.63. The van der Waals surface area contributed by atoms with Gasteiger partial charge in [-0.05, 0) is 24.3 Å². The van der Waals surface area contributed by atoms with Gasteiger partial charge < -0.3 is 10.2 Å². The van der Waals surface area contributed by atoms with Crippen molar-refractivity contribution in [3.8, 4) is 0 Å². The Morgan fingerprint density at radius 1 is 1.04 bits per heavy atom. The van der Waals surface area contributed by atoms with Crippen LogP contribution in [-0.2, 0) is 0 Å². The van der Waals surface area contributed by atoms with E-state index in [1.807, 2.05) is 0 Å². The van der Waals surface area contributed by atoms with Gasteiger partial charge in [-0.1, -0.05) is 18.2 Å². The number of nitrogens with one attached hydrogen (secondary N) is 1. The van der Waals surface area contributed by atoms with E-state index in [4.69, 9.17) is 0 Å². The smallest absolute Gasteiger partial charge is 0.282 e. The average molecular weight is 354 g/mol. The molecule has 0 fully saturated rings. The Balaban J connectivity index is 1.88. The molecule has 132 valence electrons. The zero-order valence-electron chi connectivity index (χ0n) is 13.7. The molecular formula is C17H14N4O5. The van der Waals surface area contributed by atoms with E-state index in [1.54, 1.807) is 42.3 Å². The number of nitro groups is 2. The number of rotatable bonds is 4. The van der Waals surface area contributed by atoms with E-state index >= 15 is 0 Å². The summed E-state index contributed by atoms with van der Waals surface area (Å²) in [6.07, 6.45) is 2.57. The van der Waals surface area contributed by atoms with Crippen LogP contribution < -0.4 is 10.2 Å². The fraction of sp³-hybridized carbons (Fsp3) is 0.118. The van der Waals surface area contributed by atoms with Crippen LogP contribution in [0.25, 0.3) is 6.08 Å². The fourth-order valence-corrected chi connectivity index (χ4v) is 2.83. The minimum absolute atomic E-state index is 0.0333. The van der Waals surface area contributed by atoms with Crippen molar-refractivity contribution < 1.29 is 14.6 Å². The number of fused-ring (bicyclic) bond motifs is 1. The molecule has 1 aliphatic heterocycles. The normalized spacial score (nSPS) is 15.3. The summed E-state index contributed by atoms with van der Waals surface area (Å²) in [5, 5.41) is 24.9. The lowest BCUT2D eigenvalue weighted by Crippen LogP contribution is -2.46. The molecule has 1 unspecified atom stereocenters. The number of hydrogen-bond acceptors (Lipinski definition) is 6. The molecule has 9 heteroatoms. The summed E-state index contributed by atoms with van der Waals surface area (Å²) in [5.41, 5.74) is 0.646. The van der Waals surface area contributed by atoms with Crippen LogP contribution in [0, 0.1) is 20.2 Å². The van der Waals surface area contributed by atoms with Gasteiger partial charge in [-0.15, -0.1) is 0 Å². The van der Waals surface area contributed by atoms with Crippen LogP contribution in [0.15, 0.2) is 48.5 Å². The molecule has 2 aromatic rings. The van der Waals surface area contributed by atoms with Gasteiger partial charge >= 0.3 is 0 Å². The first kappa shape index (κ1) is 17.1. The molecule has 1 atom stereocenters. The summed E-state index contributed by atoms with van der Waals surface area (Å²) in [7, 11) is 1.68. The summed E-state index contributed by atoms with van der Waals surface area (Å²) in [6, 6.07) is 10.3. The standard InChI is InChI=1S/C17H14N4O5/c1-19-13-7-4-8-14(20(23)24)11(13)9-10-16(19)18-17(22)12-5-2-3-6-15(12)21(25)26/h2-10,16H,1H3,(H,18,22). The highest BCUT2D eigenvalue weighted by Gasteiger charge is 2.27. The third kappa shape index (κ3) is 2.97. The molecule has 26 heavy (non-hydrogen) atoms. The molecule has 1 amide bonds. The average Bonchev–Trinajstić information content (AvgIpc) is 2.63. The van der Waals surface area contributed by atoms with Crippen molar-refractivity contribution in [3.05, 3.63) is 79.9 Å². The van der Waals surface area contributed by atoms with Gasteiger partial charge in [-0.25, -0.2) is 0 Å². The number of benzene rings is 2. The molecule has 1 N–H and O–H groups in total. The quantitative estimate of drug-likeness (QED) is 0.666. The van der Waals surface area contributed by atoms with Gasteiger partial charge in [0.05, 0.1) is 21.1 Å². The van der Waals surface area contributed by atoms with E-state index in [0.29, 0.717) is 11.3 Å². The largest absolute Gasteiger partial charge is 0.350 e. The highest BCUT2D eigenvalue weighted by Crippen LogP contribution is 2.34. The van der Waals surface area contributed by atoms with Crippen LogP contribution in [0.5, 0.6) is 0 Å². The van der Waals surface area contributed by atoms with Crippen LogP contribution in [-0.4, -0.2) is 29.0 Å². The Bertz CT molecular complexity index is 941. The van der Waals surface area contributed by atoms with E-state index in [1.165, 1.54) is 24.3 Å². The second-order valence-corrected chi connectivity index (χ2v) is 5.63. The van der Waals surface area contributed by atoms with Gasteiger partial charge in [0.15, 0.2) is 0 Å². The molecule has 0 aromatic heterocycles. The monoisotopic (exact) mass is 354 g/mol. The van der Waals surface area contributed by atoms with Crippen LogP contribution in [0.3, 0.4) is 0 Å². The maximum absolute atomic E-state index is 12.5. The number of carbonyl (C=O) groups is 1. The minimum Gasteiger partial charge on any atom is -0.350 e. The van der Waals surface area contributed by atoms with E-state index in [9.17, 15) is 25.0 Å². The molecule has 1 aliphatic rings. The Hall–Kier alpha value is -3.75. The van der Waals surface area contributed by atoms with E-state index in [0.717, 1.165) is 0 Å². The molecule has 9 nitrogen and oxygen atoms in total. The van der Waals surface area contributed by atoms with Crippen molar-refractivity contribution in [3.63, 3.8) is 0 Å². The summed E-state index contributed by atoms with van der Waals surface area (Å²) in [4.78, 5) is 35.3. The molecule has 0 saturated heterocycles. The molecule has 0 bridgehead atoms. The van der Waals surface area contributed by atoms with Crippen molar-refractivity contribution >= 4 is 29.0 Å². The molecule has 0 saturated carbocycles. The number of anilines is 1. The first-order valence-corrected chi connectivity index (χ1v) is 7.63. The van der Waals surface area contributed by atoms with E-state index in [2.05, 4.69) is 5.32 Å². The second kappa shape index (κ2) is 6.63. The van der Waals surface area contributed by atoms with Crippen molar-refractivity contribution in [2.75, 3.05) is 11.9 Å². The minimum atomic E-state index is -0.617. The maximum Gasteiger partial charge on any atom is 0.282 e. The van der Waals surface area contributed by atoms with Crippen molar-refractivity contribution in [1.29, 1.82) is 0 Å². The number of amides is 1. The topological polar surface area (TPSA) is 119 Å². The van der Waals surface area contributed by atoms with Crippen LogP contribution >= 0.6 is 0 Å². The Kier molecular flexibility index (Phi) is 4.36. The predicted molar refractivity (Wildman–Crippen MR) is 94.9 cm³/mol. The van der Waals surface area contributed by atoms with Crippen LogP contribution in [0.1, 0.15) is 15.9 Å². The Morgan fingerprint density at radius 3 is 2.38 bits per heavy atom. The number of nitrogens with zero attached hydrogens (tertiary/aromatic N) is 3. The van der Waals surface area contributed by atoms with Crippen molar-refractivity contribution in [2.45, 2.75) is 6.17 Å². The van der Waals surface area contributed by atoms with Gasteiger partial charge in [-0.3, -0.25) is 25.0 Å². The highest BCUT2D eigenvalue weighted by atomic mass is 16.6. The molecule has 2 aromatic carbocycles. The van der Waals surface area contributed by atoms with Crippen LogP contribution in [0.4, 0.5) is 17.1 Å². The summed E-state index contributed by atoms with van der Waals surface area (Å²) >= 11 is 0. The van der Waals surface area contributed by atoms with Gasteiger partial charge in [0.2, 0.25) is 0 Å². The van der Waals surface area contributed by atoms with Crippen LogP contribution in [0.2, 0.25) is 0 Å². The van der Waals surface area contributed by atoms with Gasteiger partial charge in [0, 0.05) is 19.2 Å². The molecule has 1 heterocycles. The molecule has 0 radical (unpaired) electrons. The lowest BCUT2D eigenvalue weighted by Gasteiger charge is -2.32. The zero-order chi connectivity index (χ0) is 18.8. The number of likely N-dealkylation sites (N-methyl/N-ethyl adjacent to an activating group) is 1. The first-order valence-electron chi connectivity index (χ1n) is 7.63. The van der Waals surface area contributed by atoms with Crippen molar-refractivity contribution in [1.82, 2.24) is 5.32 Å². The maximum atomic E-state index is 12.5. The lowest BCUT2D eigenvalue weighted by atomic mass is 10.0. The molecule has 3 rings (SSSR count). The molecular weight excluding hydrogens is 340 g/mol. The number of carbonyl (C=O) groups excluding carboxylic acids is 1. The number of para-hydroxylation sites is 1. The number of nitro benzene ring substituents is 2. The summed E-state index contributed by atoms with van der Waals surface area (Å²) < 4.78 is 0. The molecule has 0 spiro atoms. The lowest BCUT2D eigenvalue weighted by molar-refractivity contribution is -0.385.